The number of carbonyl (C=O) groups is 1. The number of carbonyl (C=O) groups excluding carboxylic acids is 1. The van der Waals surface area contributed by atoms with Gasteiger partial charge in [-0.2, -0.15) is 0 Å². The number of alkyl halides is 1. The largest absolute Gasteiger partial charge is 0.550 e. The molecule has 0 aromatic rings. The molecule has 0 N–H and O–H groups in total. The first kappa shape index (κ1) is 8.20. The Morgan fingerprint density at radius 2 is 2.12 bits per heavy atom. The van der Waals surface area contributed by atoms with E-state index in [2.05, 4.69) is 22.6 Å². The van der Waals surface area contributed by atoms with Crippen LogP contribution < -0.4 is 5.11 Å². The predicted octanol–water partition coefficient (Wildman–Crippen LogP) is 0.342. The van der Waals surface area contributed by atoms with Crippen LogP contribution in [0.1, 0.15) is 19.3 Å². The van der Waals surface area contributed by atoms with Crippen LogP contribution >= 0.6 is 22.6 Å². The average molecular weight is 227 g/mol. The molecule has 0 rings (SSSR count). The Morgan fingerprint density at radius 3 is 2.50 bits per heavy atom. The summed E-state index contributed by atoms with van der Waals surface area (Å²) < 4.78 is 1.03. The summed E-state index contributed by atoms with van der Waals surface area (Å²) in [5.74, 6) is -0.935. The maximum atomic E-state index is 9.76. The van der Waals surface area contributed by atoms with Gasteiger partial charge in [0.05, 0.1) is 0 Å². The number of rotatable bonds is 4. The van der Waals surface area contributed by atoms with Crippen molar-refractivity contribution in [2.45, 2.75) is 19.3 Å². The fraction of sp³-hybridized carbons (Fsp3) is 0.800. The van der Waals surface area contributed by atoms with E-state index in [1.54, 1.807) is 0 Å². The second kappa shape index (κ2) is 5.34. The first-order valence-corrected chi connectivity index (χ1v) is 4.05. The zero-order valence-electron chi connectivity index (χ0n) is 4.52. The molecule has 0 aliphatic rings. The standard InChI is InChI=1S/C5H9IO2/c6-4-2-1-3-5(7)8/h1-4H2,(H,7,8)/p-1. The van der Waals surface area contributed by atoms with Gasteiger partial charge in [-0.1, -0.05) is 22.6 Å². The Bertz CT molecular complexity index is 72.8. The maximum absolute atomic E-state index is 9.76. The van der Waals surface area contributed by atoms with Gasteiger partial charge in [0.25, 0.3) is 0 Å². The van der Waals surface area contributed by atoms with Crippen molar-refractivity contribution in [1.82, 2.24) is 0 Å². The van der Waals surface area contributed by atoms with E-state index in [4.69, 9.17) is 0 Å². The highest BCUT2D eigenvalue weighted by molar-refractivity contribution is 14.1. The fourth-order valence-corrected chi connectivity index (χ4v) is 0.903. The summed E-state index contributed by atoms with van der Waals surface area (Å²) in [6.07, 6.45) is 1.95. The van der Waals surface area contributed by atoms with Gasteiger partial charge < -0.3 is 9.90 Å². The van der Waals surface area contributed by atoms with Crippen molar-refractivity contribution in [2.24, 2.45) is 0 Å². The summed E-state index contributed by atoms with van der Waals surface area (Å²) in [5, 5.41) is 9.76. The van der Waals surface area contributed by atoms with E-state index < -0.39 is 5.97 Å². The summed E-state index contributed by atoms with van der Waals surface area (Å²) in [4.78, 5) is 9.76. The molecule has 0 aliphatic heterocycles. The zero-order chi connectivity index (χ0) is 6.41. The Balaban J connectivity index is 2.82. The van der Waals surface area contributed by atoms with Crippen molar-refractivity contribution < 1.29 is 9.90 Å². The number of carboxylic acids is 1. The molecule has 0 atom stereocenters. The summed E-state index contributed by atoms with van der Waals surface area (Å²) in [7, 11) is 0. The van der Waals surface area contributed by atoms with E-state index in [1.807, 2.05) is 0 Å². The Morgan fingerprint density at radius 1 is 1.50 bits per heavy atom. The van der Waals surface area contributed by atoms with Gasteiger partial charge in [0.15, 0.2) is 0 Å². The molecule has 48 valence electrons. The minimum absolute atomic E-state index is 0.211. The van der Waals surface area contributed by atoms with Gasteiger partial charge in [0.1, 0.15) is 0 Å². The Labute approximate surface area is 62.4 Å². The molecule has 0 spiro atoms. The van der Waals surface area contributed by atoms with Gasteiger partial charge in [-0.25, -0.2) is 0 Å². The Kier molecular flexibility index (Phi) is 5.47. The van der Waals surface area contributed by atoms with Crippen LogP contribution in [0.15, 0.2) is 0 Å². The molecule has 0 saturated carbocycles. The molecule has 2 nitrogen and oxygen atoms in total. The van der Waals surface area contributed by atoms with Crippen LogP contribution in [0.4, 0.5) is 0 Å². The van der Waals surface area contributed by atoms with Gasteiger partial charge in [0, 0.05) is 5.97 Å². The maximum Gasteiger partial charge on any atom is 0.0414 e. The molecule has 0 radical (unpaired) electrons. The molecule has 0 bridgehead atoms. The molecular weight excluding hydrogens is 219 g/mol. The van der Waals surface area contributed by atoms with Crippen LogP contribution in [-0.2, 0) is 4.79 Å². The first-order chi connectivity index (χ1) is 3.77. The minimum Gasteiger partial charge on any atom is -0.550 e. The van der Waals surface area contributed by atoms with Gasteiger partial charge >= 0.3 is 0 Å². The zero-order valence-corrected chi connectivity index (χ0v) is 6.68. The minimum atomic E-state index is -0.935. The molecule has 8 heavy (non-hydrogen) atoms. The second-order valence-electron chi connectivity index (χ2n) is 1.52. The number of hydrogen-bond acceptors (Lipinski definition) is 2. The molecule has 0 aliphatic carbocycles. The SMILES string of the molecule is O=C([O-])CCCCI. The lowest BCUT2D eigenvalue weighted by atomic mass is 10.3. The summed E-state index contributed by atoms with van der Waals surface area (Å²) in [6, 6.07) is 0. The number of halogens is 1. The highest BCUT2D eigenvalue weighted by Gasteiger charge is 1.84. The van der Waals surface area contributed by atoms with Crippen molar-refractivity contribution >= 4 is 28.6 Å². The first-order valence-electron chi connectivity index (χ1n) is 2.53. The highest BCUT2D eigenvalue weighted by atomic mass is 127. The van der Waals surface area contributed by atoms with Crippen molar-refractivity contribution in [2.75, 3.05) is 4.43 Å². The lowest BCUT2D eigenvalue weighted by Crippen LogP contribution is -2.21. The van der Waals surface area contributed by atoms with E-state index >= 15 is 0 Å². The van der Waals surface area contributed by atoms with Crippen molar-refractivity contribution in [1.29, 1.82) is 0 Å². The molecule has 3 heteroatoms. The molecule has 0 unspecified atom stereocenters. The highest BCUT2D eigenvalue weighted by Crippen LogP contribution is 1.96. The third-order valence-corrected chi connectivity index (χ3v) is 1.53. The summed E-state index contributed by atoms with van der Waals surface area (Å²) in [5.41, 5.74) is 0. The Hall–Kier alpha value is 0.200. The van der Waals surface area contributed by atoms with Crippen LogP contribution in [0.25, 0.3) is 0 Å². The topological polar surface area (TPSA) is 40.1 Å². The van der Waals surface area contributed by atoms with Crippen LogP contribution in [0, 0.1) is 0 Å². The van der Waals surface area contributed by atoms with E-state index in [1.165, 1.54) is 0 Å². The number of carboxylic acid groups (broad SMARTS) is 1. The molecule has 0 aromatic heterocycles. The molecule has 0 amide bonds. The van der Waals surface area contributed by atoms with Crippen LogP contribution in [0.5, 0.6) is 0 Å². The summed E-state index contributed by atoms with van der Waals surface area (Å²) in [6.45, 7) is 0. The lowest BCUT2D eigenvalue weighted by molar-refractivity contribution is -0.305. The van der Waals surface area contributed by atoms with Gasteiger partial charge in [-0.15, -0.1) is 0 Å². The van der Waals surface area contributed by atoms with Gasteiger partial charge in [0.2, 0.25) is 0 Å². The van der Waals surface area contributed by atoms with E-state index in [9.17, 15) is 9.90 Å². The smallest absolute Gasteiger partial charge is 0.0414 e. The number of unbranched alkanes of at least 4 members (excludes halogenated alkanes) is 1. The second-order valence-corrected chi connectivity index (χ2v) is 2.60. The van der Waals surface area contributed by atoms with Crippen LogP contribution in [0.2, 0.25) is 0 Å². The van der Waals surface area contributed by atoms with Crippen molar-refractivity contribution in [3.05, 3.63) is 0 Å². The summed E-state index contributed by atoms with van der Waals surface area (Å²) >= 11 is 2.22. The monoisotopic (exact) mass is 227 g/mol. The van der Waals surface area contributed by atoms with Crippen molar-refractivity contribution in [3.63, 3.8) is 0 Å². The predicted molar refractivity (Wildman–Crippen MR) is 37.7 cm³/mol. The van der Waals surface area contributed by atoms with Crippen LogP contribution in [-0.4, -0.2) is 10.4 Å². The number of hydrogen-bond donors (Lipinski definition) is 0. The molecule has 0 fully saturated rings. The third-order valence-electron chi connectivity index (χ3n) is 0.765. The normalized spacial score (nSPS) is 9.12. The van der Waals surface area contributed by atoms with Crippen molar-refractivity contribution in [3.8, 4) is 0 Å². The van der Waals surface area contributed by atoms with E-state index in [0.717, 1.165) is 17.3 Å². The quantitative estimate of drug-likeness (QED) is 0.394. The average Bonchev–Trinajstić information content (AvgIpc) is 1.66. The van der Waals surface area contributed by atoms with E-state index in [0.29, 0.717) is 0 Å². The van der Waals surface area contributed by atoms with Gasteiger partial charge in [-0.3, -0.25) is 0 Å². The van der Waals surface area contributed by atoms with Crippen LogP contribution in [0.3, 0.4) is 0 Å². The van der Waals surface area contributed by atoms with Gasteiger partial charge in [-0.05, 0) is 23.7 Å². The molecule has 0 heterocycles. The third kappa shape index (κ3) is 6.20. The lowest BCUT2D eigenvalue weighted by Gasteiger charge is -1.97. The molecule has 0 saturated heterocycles. The van der Waals surface area contributed by atoms with E-state index in [-0.39, 0.29) is 6.42 Å². The fourth-order valence-electron chi connectivity index (χ4n) is 0.364. The molecule has 0 aromatic carbocycles. The molecular formula is C5H8IO2-. The number of aliphatic carboxylic acids is 1.